The van der Waals surface area contributed by atoms with Gasteiger partial charge in [0.15, 0.2) is 0 Å². The molecular formula is C13H19N2+. The molecule has 0 radical (unpaired) electrons. The molecule has 2 heteroatoms. The molecule has 0 N–H and O–H groups in total. The van der Waals surface area contributed by atoms with Crippen LogP contribution in [0.25, 0.3) is 0 Å². The summed E-state index contributed by atoms with van der Waals surface area (Å²) in [6.07, 6.45) is 12.0. The summed E-state index contributed by atoms with van der Waals surface area (Å²) >= 11 is 0. The first-order valence-corrected chi connectivity index (χ1v) is 5.31. The maximum atomic E-state index is 4.51. The average molecular weight is 203 g/mol. The lowest BCUT2D eigenvalue weighted by Gasteiger charge is -2.01. The Kier molecular flexibility index (Phi) is 4.22. The zero-order valence-electron chi connectivity index (χ0n) is 9.72. The third-order valence-electron chi connectivity index (χ3n) is 2.25. The smallest absolute Gasteiger partial charge is 0.0877 e. The van der Waals surface area contributed by atoms with E-state index in [4.69, 9.17) is 0 Å². The van der Waals surface area contributed by atoms with Crippen LogP contribution < -0.4 is 0 Å². The molecule has 0 aromatic rings. The lowest BCUT2D eigenvalue weighted by Crippen LogP contribution is -2.07. The van der Waals surface area contributed by atoms with E-state index < -0.39 is 0 Å². The molecule has 1 heterocycles. The lowest BCUT2D eigenvalue weighted by molar-refractivity contribution is -0.467. The Balaban J connectivity index is 2.64. The second-order valence-corrected chi connectivity index (χ2v) is 3.91. The van der Waals surface area contributed by atoms with Crippen LogP contribution in [0, 0.1) is 5.92 Å². The minimum Gasteiger partial charge on any atom is -0.0877 e. The highest BCUT2D eigenvalue weighted by atomic mass is 15.3. The molecule has 80 valence electrons. The van der Waals surface area contributed by atoms with Gasteiger partial charge in [0.1, 0.15) is 6.04 Å². The van der Waals surface area contributed by atoms with Crippen molar-refractivity contribution >= 4 is 0 Å². The molecule has 0 saturated heterocycles. The zero-order chi connectivity index (χ0) is 11.3. The first kappa shape index (κ1) is 11.6. The van der Waals surface area contributed by atoms with Crippen molar-refractivity contribution in [1.82, 2.24) is 0 Å². The van der Waals surface area contributed by atoms with Crippen molar-refractivity contribution in [1.29, 1.82) is 0 Å². The Morgan fingerprint density at radius 3 is 2.73 bits per heavy atom. The number of hydrogen-bond donors (Lipinski definition) is 0. The highest BCUT2D eigenvalue weighted by Gasteiger charge is 2.22. The summed E-state index contributed by atoms with van der Waals surface area (Å²) in [5.74, 6) is 0.540. The minimum atomic E-state index is 0.289. The van der Waals surface area contributed by atoms with Crippen LogP contribution >= 0.6 is 0 Å². The average Bonchev–Trinajstić information content (AvgIpc) is 2.66. The molecule has 0 bridgehead atoms. The molecule has 1 atom stereocenters. The van der Waals surface area contributed by atoms with E-state index in [0.29, 0.717) is 5.92 Å². The van der Waals surface area contributed by atoms with Crippen molar-refractivity contribution < 1.29 is 4.70 Å². The molecule has 0 fully saturated rings. The van der Waals surface area contributed by atoms with Crippen molar-refractivity contribution in [3.8, 4) is 0 Å². The van der Waals surface area contributed by atoms with Gasteiger partial charge >= 0.3 is 0 Å². The highest BCUT2D eigenvalue weighted by Crippen LogP contribution is 2.16. The number of rotatable bonds is 4. The van der Waals surface area contributed by atoms with E-state index >= 15 is 0 Å². The monoisotopic (exact) mass is 203 g/mol. The van der Waals surface area contributed by atoms with E-state index in [-0.39, 0.29) is 6.04 Å². The summed E-state index contributed by atoms with van der Waals surface area (Å²) < 4.78 is 1.84. The first-order chi connectivity index (χ1) is 7.15. The Morgan fingerprint density at radius 1 is 1.47 bits per heavy atom. The number of azo groups is 2. The van der Waals surface area contributed by atoms with Crippen molar-refractivity contribution in [2.24, 2.45) is 11.0 Å². The highest BCUT2D eigenvalue weighted by molar-refractivity contribution is 5.14. The van der Waals surface area contributed by atoms with Gasteiger partial charge in [-0.25, -0.2) is 0 Å². The van der Waals surface area contributed by atoms with Crippen LogP contribution in [0.3, 0.4) is 0 Å². The van der Waals surface area contributed by atoms with Gasteiger partial charge in [-0.15, -0.1) is 0 Å². The van der Waals surface area contributed by atoms with Gasteiger partial charge in [-0.2, -0.15) is 0 Å². The number of hydrogen-bond acceptors (Lipinski definition) is 1. The normalized spacial score (nSPS) is 20.8. The van der Waals surface area contributed by atoms with Crippen LogP contribution in [0.1, 0.15) is 20.8 Å². The maximum Gasteiger partial charge on any atom is 0.230 e. The molecule has 0 aromatic carbocycles. The van der Waals surface area contributed by atoms with Crippen molar-refractivity contribution in [2.75, 3.05) is 0 Å². The molecule has 1 aliphatic heterocycles. The molecule has 0 aromatic heterocycles. The molecule has 0 saturated carbocycles. The van der Waals surface area contributed by atoms with Gasteiger partial charge < -0.3 is 0 Å². The fraction of sp³-hybridized carbons (Fsp3) is 0.385. The molecule has 1 unspecified atom stereocenters. The largest absolute Gasteiger partial charge is 0.230 e. The van der Waals surface area contributed by atoms with E-state index in [9.17, 15) is 0 Å². The van der Waals surface area contributed by atoms with E-state index in [1.54, 1.807) is 0 Å². The molecule has 1 aliphatic rings. The topological polar surface area (TPSA) is 15.4 Å². The predicted molar refractivity (Wildman–Crippen MR) is 63.5 cm³/mol. The lowest BCUT2D eigenvalue weighted by atomic mass is 10.1. The fourth-order valence-corrected chi connectivity index (χ4v) is 1.27. The van der Waals surface area contributed by atoms with Gasteiger partial charge in [0.25, 0.3) is 0 Å². The van der Waals surface area contributed by atoms with Gasteiger partial charge in [0.2, 0.25) is 11.9 Å². The molecule has 15 heavy (non-hydrogen) atoms. The van der Waals surface area contributed by atoms with Crippen LogP contribution in [-0.4, -0.2) is 10.7 Å². The molecule has 0 aliphatic carbocycles. The van der Waals surface area contributed by atoms with Crippen molar-refractivity contribution in [2.45, 2.75) is 26.8 Å². The fourth-order valence-electron chi connectivity index (χ4n) is 1.27. The molecule has 2 nitrogen and oxygen atoms in total. The molecular weight excluding hydrogens is 184 g/mol. The first-order valence-electron chi connectivity index (χ1n) is 5.31. The van der Waals surface area contributed by atoms with Crippen molar-refractivity contribution in [3.63, 3.8) is 0 Å². The zero-order valence-corrected chi connectivity index (χ0v) is 9.72. The summed E-state index contributed by atoms with van der Waals surface area (Å²) in [6, 6.07) is 0.289. The molecule has 0 amide bonds. The van der Waals surface area contributed by atoms with Crippen LogP contribution in [0.15, 0.2) is 54.0 Å². The number of allylic oxidation sites excluding steroid dienone is 4. The van der Waals surface area contributed by atoms with E-state index in [2.05, 4.69) is 31.6 Å². The van der Waals surface area contributed by atoms with Gasteiger partial charge in [0, 0.05) is 12.2 Å². The van der Waals surface area contributed by atoms with Crippen LogP contribution in [0.2, 0.25) is 0 Å². The SMILES string of the molecule is C=C(/C=C\C=C\C)[N+]1=NC(C(C)C)C=C1. The Hall–Kier alpha value is -1.44. The minimum absolute atomic E-state index is 0.289. The van der Waals surface area contributed by atoms with Crippen LogP contribution in [0.5, 0.6) is 0 Å². The third kappa shape index (κ3) is 3.31. The quantitative estimate of drug-likeness (QED) is 0.489. The second kappa shape index (κ2) is 5.44. The van der Waals surface area contributed by atoms with Gasteiger partial charge in [0.05, 0.1) is 0 Å². The van der Waals surface area contributed by atoms with Crippen LogP contribution in [-0.2, 0) is 0 Å². The summed E-state index contributed by atoms with van der Waals surface area (Å²) in [7, 11) is 0. The van der Waals surface area contributed by atoms with E-state index in [1.165, 1.54) is 0 Å². The van der Waals surface area contributed by atoms with E-state index in [0.717, 1.165) is 5.70 Å². The summed E-state index contributed by atoms with van der Waals surface area (Å²) in [5, 5.41) is 4.51. The predicted octanol–water partition coefficient (Wildman–Crippen LogP) is 3.65. The van der Waals surface area contributed by atoms with Crippen molar-refractivity contribution in [3.05, 3.63) is 48.9 Å². The Labute approximate surface area is 92.0 Å². The summed E-state index contributed by atoms with van der Waals surface area (Å²) in [4.78, 5) is 0. The van der Waals surface area contributed by atoms with E-state index in [1.807, 2.05) is 42.1 Å². The summed E-state index contributed by atoms with van der Waals surface area (Å²) in [6.45, 7) is 10.3. The van der Waals surface area contributed by atoms with Gasteiger partial charge in [-0.1, -0.05) is 36.8 Å². The van der Waals surface area contributed by atoms with Crippen LogP contribution in [0.4, 0.5) is 0 Å². The van der Waals surface area contributed by atoms with Gasteiger partial charge in [-0.3, -0.25) is 0 Å². The standard InChI is InChI=1S/C13H19N2/c1-5-6-7-8-12(4)15-10-9-13(14-15)11(2)3/h5-11,13H,4H2,1-3H3/q+1/b6-5+,8-7-. The Morgan fingerprint density at radius 2 is 2.20 bits per heavy atom. The van der Waals surface area contributed by atoms with Gasteiger partial charge in [-0.05, 0) is 24.5 Å². The Bertz CT molecular complexity index is 344. The molecule has 1 rings (SSSR count). The molecule has 0 spiro atoms. The third-order valence-corrected chi connectivity index (χ3v) is 2.25. The summed E-state index contributed by atoms with van der Waals surface area (Å²) in [5.41, 5.74) is 0.896. The second-order valence-electron chi connectivity index (χ2n) is 3.91. The number of nitrogens with zero attached hydrogens (tertiary/aromatic N) is 2. The maximum absolute atomic E-state index is 4.51.